The van der Waals surface area contributed by atoms with E-state index in [9.17, 15) is 13.6 Å². The van der Waals surface area contributed by atoms with E-state index in [1.54, 1.807) is 24.1 Å². The molecule has 1 fully saturated rings. The van der Waals surface area contributed by atoms with E-state index in [2.05, 4.69) is 4.74 Å². The van der Waals surface area contributed by atoms with Crippen molar-refractivity contribution >= 4 is 5.91 Å². The zero-order valence-electron chi connectivity index (χ0n) is 12.2. The molecule has 2 rings (SSSR count). The third-order valence-corrected chi connectivity index (χ3v) is 4.00. The predicted molar refractivity (Wildman–Crippen MR) is 76.7 cm³/mol. The molecule has 116 valence electrons. The summed E-state index contributed by atoms with van der Waals surface area (Å²) in [5.74, 6) is -0.119. The third kappa shape index (κ3) is 4.41. The monoisotopic (exact) mass is 297 g/mol. The molecule has 0 saturated heterocycles. The Morgan fingerprint density at radius 1 is 1.24 bits per heavy atom. The molecule has 1 aliphatic carbocycles. The molecule has 1 saturated carbocycles. The van der Waals surface area contributed by atoms with Crippen LogP contribution in [-0.2, 0) is 0 Å². The lowest BCUT2D eigenvalue weighted by Crippen LogP contribution is -2.36. The summed E-state index contributed by atoms with van der Waals surface area (Å²) >= 11 is 0. The van der Waals surface area contributed by atoms with Crippen LogP contribution in [0.2, 0.25) is 0 Å². The molecule has 21 heavy (non-hydrogen) atoms. The zero-order valence-corrected chi connectivity index (χ0v) is 12.2. The summed E-state index contributed by atoms with van der Waals surface area (Å²) in [5.41, 5.74) is 0.389. The predicted octanol–water partition coefficient (Wildman–Crippen LogP) is 4.08. The molecule has 3 nitrogen and oxygen atoms in total. The Morgan fingerprint density at radius 2 is 1.90 bits per heavy atom. The van der Waals surface area contributed by atoms with Crippen LogP contribution >= 0.6 is 0 Å². The van der Waals surface area contributed by atoms with Crippen LogP contribution in [0.15, 0.2) is 24.3 Å². The fourth-order valence-corrected chi connectivity index (χ4v) is 2.82. The maximum Gasteiger partial charge on any atom is 0.387 e. The summed E-state index contributed by atoms with van der Waals surface area (Å²) in [6, 6.07) is 6.23. The summed E-state index contributed by atoms with van der Waals surface area (Å²) in [5, 5.41) is 0. The smallest absolute Gasteiger partial charge is 0.387 e. The van der Waals surface area contributed by atoms with Gasteiger partial charge in [0.2, 0.25) is 0 Å². The number of carbonyl (C=O) groups excluding carboxylic acids is 1. The molecule has 1 aliphatic rings. The van der Waals surface area contributed by atoms with Crippen LogP contribution in [-0.4, -0.2) is 30.5 Å². The lowest BCUT2D eigenvalue weighted by atomic mass is 10.1. The van der Waals surface area contributed by atoms with Crippen LogP contribution in [0.25, 0.3) is 0 Å². The van der Waals surface area contributed by atoms with E-state index >= 15 is 0 Å². The standard InChI is InChI=1S/C16H21F2NO2/c1-19(13-8-4-2-3-5-9-13)15(20)12-7-6-10-14(11-12)21-16(17)18/h6-7,10-11,13,16H,2-5,8-9H2,1H3. The van der Waals surface area contributed by atoms with Gasteiger partial charge in [-0.1, -0.05) is 31.7 Å². The van der Waals surface area contributed by atoms with Crippen molar-refractivity contribution in [3.05, 3.63) is 29.8 Å². The summed E-state index contributed by atoms with van der Waals surface area (Å²) < 4.78 is 28.8. The van der Waals surface area contributed by atoms with Crippen molar-refractivity contribution in [3.8, 4) is 5.75 Å². The number of benzene rings is 1. The highest BCUT2D eigenvalue weighted by Gasteiger charge is 2.22. The molecule has 0 atom stereocenters. The molecule has 5 heteroatoms. The summed E-state index contributed by atoms with van der Waals surface area (Å²) in [4.78, 5) is 14.2. The van der Waals surface area contributed by atoms with Crippen LogP contribution in [0.3, 0.4) is 0 Å². The van der Waals surface area contributed by atoms with Gasteiger partial charge >= 0.3 is 6.61 Å². The van der Waals surface area contributed by atoms with E-state index in [1.165, 1.54) is 25.0 Å². The molecular weight excluding hydrogens is 276 g/mol. The lowest BCUT2D eigenvalue weighted by Gasteiger charge is -2.27. The summed E-state index contributed by atoms with van der Waals surface area (Å²) in [6.07, 6.45) is 6.73. The first-order valence-corrected chi connectivity index (χ1v) is 7.40. The molecule has 0 unspecified atom stereocenters. The molecule has 1 amide bonds. The van der Waals surface area contributed by atoms with E-state index in [0.717, 1.165) is 25.7 Å². The van der Waals surface area contributed by atoms with E-state index < -0.39 is 6.61 Å². The second-order valence-electron chi connectivity index (χ2n) is 5.47. The van der Waals surface area contributed by atoms with Crippen molar-refractivity contribution in [2.45, 2.75) is 51.2 Å². The number of amides is 1. The number of halogens is 2. The maximum atomic E-state index is 12.5. The number of rotatable bonds is 4. The van der Waals surface area contributed by atoms with Crippen LogP contribution in [0.1, 0.15) is 48.9 Å². The first-order chi connectivity index (χ1) is 10.1. The van der Waals surface area contributed by atoms with Crippen molar-refractivity contribution < 1.29 is 18.3 Å². The van der Waals surface area contributed by atoms with Gasteiger partial charge in [-0.15, -0.1) is 0 Å². The van der Waals surface area contributed by atoms with E-state index in [0.29, 0.717) is 5.56 Å². The first kappa shape index (κ1) is 15.7. The van der Waals surface area contributed by atoms with Crippen molar-refractivity contribution in [1.82, 2.24) is 4.90 Å². The van der Waals surface area contributed by atoms with Gasteiger partial charge in [-0.2, -0.15) is 8.78 Å². The summed E-state index contributed by atoms with van der Waals surface area (Å²) in [7, 11) is 1.79. The topological polar surface area (TPSA) is 29.5 Å². The average Bonchev–Trinajstić information content (AvgIpc) is 2.74. The quantitative estimate of drug-likeness (QED) is 0.784. The SMILES string of the molecule is CN(C(=O)c1cccc(OC(F)F)c1)C1CCCCCC1. The Balaban J connectivity index is 2.07. The van der Waals surface area contributed by atoms with Gasteiger partial charge in [0.1, 0.15) is 5.75 Å². The van der Waals surface area contributed by atoms with Crippen LogP contribution < -0.4 is 4.74 Å². The number of hydrogen-bond acceptors (Lipinski definition) is 2. The molecule has 0 aromatic heterocycles. The molecule has 1 aromatic rings. The molecule has 0 aliphatic heterocycles. The van der Waals surface area contributed by atoms with Crippen LogP contribution in [0.4, 0.5) is 8.78 Å². The highest BCUT2D eigenvalue weighted by molar-refractivity contribution is 5.94. The molecule has 1 aromatic carbocycles. The van der Waals surface area contributed by atoms with E-state index in [-0.39, 0.29) is 17.7 Å². The Hall–Kier alpha value is -1.65. The largest absolute Gasteiger partial charge is 0.435 e. The van der Waals surface area contributed by atoms with Gasteiger partial charge in [-0.3, -0.25) is 4.79 Å². The molecule has 0 radical (unpaired) electrons. The average molecular weight is 297 g/mol. The van der Waals surface area contributed by atoms with Crippen molar-refractivity contribution in [3.63, 3.8) is 0 Å². The number of nitrogens with zero attached hydrogens (tertiary/aromatic N) is 1. The number of carbonyl (C=O) groups is 1. The normalized spacial score (nSPS) is 16.6. The van der Waals surface area contributed by atoms with Gasteiger partial charge in [0, 0.05) is 18.7 Å². The highest BCUT2D eigenvalue weighted by Crippen LogP contribution is 2.23. The minimum absolute atomic E-state index is 0.0186. The number of hydrogen-bond donors (Lipinski definition) is 0. The number of alkyl halides is 2. The zero-order chi connectivity index (χ0) is 15.2. The fourth-order valence-electron chi connectivity index (χ4n) is 2.82. The molecular formula is C16H21F2NO2. The van der Waals surface area contributed by atoms with Gasteiger partial charge < -0.3 is 9.64 Å². The van der Waals surface area contributed by atoms with Gasteiger partial charge in [0.25, 0.3) is 5.91 Å². The Bertz CT molecular complexity index is 471. The fraction of sp³-hybridized carbons (Fsp3) is 0.562. The summed E-state index contributed by atoms with van der Waals surface area (Å²) in [6.45, 7) is -2.88. The molecule has 0 heterocycles. The minimum Gasteiger partial charge on any atom is -0.435 e. The van der Waals surface area contributed by atoms with E-state index in [4.69, 9.17) is 0 Å². The lowest BCUT2D eigenvalue weighted by molar-refractivity contribution is -0.0499. The van der Waals surface area contributed by atoms with Gasteiger partial charge in [-0.05, 0) is 31.0 Å². The molecule has 0 N–H and O–H groups in total. The Kier molecular flexibility index (Phi) is 5.53. The third-order valence-electron chi connectivity index (χ3n) is 4.00. The molecule has 0 bridgehead atoms. The number of ether oxygens (including phenoxy) is 1. The van der Waals surface area contributed by atoms with Crippen LogP contribution in [0.5, 0.6) is 5.75 Å². The van der Waals surface area contributed by atoms with Crippen molar-refractivity contribution in [1.29, 1.82) is 0 Å². The van der Waals surface area contributed by atoms with Gasteiger partial charge in [0.05, 0.1) is 0 Å². The highest BCUT2D eigenvalue weighted by atomic mass is 19.3. The van der Waals surface area contributed by atoms with Crippen molar-refractivity contribution in [2.24, 2.45) is 0 Å². The maximum absolute atomic E-state index is 12.5. The minimum atomic E-state index is -2.88. The van der Waals surface area contributed by atoms with Gasteiger partial charge in [0.15, 0.2) is 0 Å². The second-order valence-corrected chi connectivity index (χ2v) is 5.47. The Labute approximate surface area is 123 Å². The first-order valence-electron chi connectivity index (χ1n) is 7.40. The Morgan fingerprint density at radius 3 is 2.52 bits per heavy atom. The van der Waals surface area contributed by atoms with Crippen molar-refractivity contribution in [2.75, 3.05) is 7.05 Å². The van der Waals surface area contributed by atoms with E-state index in [1.807, 2.05) is 0 Å². The van der Waals surface area contributed by atoms with Crippen LogP contribution in [0, 0.1) is 0 Å². The second kappa shape index (κ2) is 7.38. The van der Waals surface area contributed by atoms with Gasteiger partial charge in [-0.25, -0.2) is 0 Å². The molecule has 0 spiro atoms.